The van der Waals surface area contributed by atoms with E-state index in [2.05, 4.69) is 170 Å². The van der Waals surface area contributed by atoms with E-state index in [0.29, 0.717) is 5.56 Å². The molecule has 4 nitrogen and oxygen atoms in total. The SMILES string of the molecule is CC(C)c1cc(-c2cc[c]([Ge]([CH3])([CH3])[CH3])cc2)cc(C(C)C)c1-n1c(-c2[c-]ccc3c2oc2c4ccccc4ccc32)nc2ccccc21.[2H]C([2H])([2H])c1c[c-]c(-c2ccccn2)cc1.[Ir]. The topological polar surface area (TPSA) is 43.9 Å². The Morgan fingerprint density at radius 3 is 2.06 bits per heavy atom. The summed E-state index contributed by atoms with van der Waals surface area (Å²) in [5, 5.41) is 4.47. The number of furan rings is 1. The molecule has 1 radical (unpaired) electrons. The van der Waals surface area contributed by atoms with Gasteiger partial charge in [0.1, 0.15) is 5.58 Å². The summed E-state index contributed by atoms with van der Waals surface area (Å²) in [4.78, 5) is 9.50. The van der Waals surface area contributed by atoms with E-state index < -0.39 is 20.1 Å². The summed E-state index contributed by atoms with van der Waals surface area (Å²) < 4.78 is 32.5. The molecule has 0 amide bonds. The van der Waals surface area contributed by atoms with Crippen molar-refractivity contribution in [2.24, 2.45) is 0 Å². The van der Waals surface area contributed by atoms with Crippen LogP contribution in [0.1, 0.15) is 60.3 Å². The van der Waals surface area contributed by atoms with E-state index in [1.165, 1.54) is 43.8 Å². The molecule has 3 heterocycles. The summed E-state index contributed by atoms with van der Waals surface area (Å²) in [6, 6.07) is 56.5. The number of para-hydroxylation sites is 2. The number of nitrogens with zero attached hydrogens (tertiary/aromatic N) is 3. The number of pyridine rings is 1. The van der Waals surface area contributed by atoms with Crippen LogP contribution in [0.5, 0.6) is 0 Å². The molecule has 0 fully saturated rings. The monoisotopic (exact) mass is 1050 g/mol. The molecule has 0 aliphatic carbocycles. The van der Waals surface area contributed by atoms with E-state index in [9.17, 15) is 0 Å². The first-order valence-corrected chi connectivity index (χ1v) is 28.5. The minimum Gasteiger partial charge on any atom is -0.305 e. The molecule has 0 aliphatic heterocycles. The van der Waals surface area contributed by atoms with Crippen molar-refractivity contribution in [1.82, 2.24) is 14.5 Å². The standard InChI is InChI=1S/C44H41GeN2O.C12H10N.Ir/c1-27(2)37-25-31(29-19-22-32(23-20-29)45(5,6)7)26-38(28(3)4)41(37)47-40-18-11-10-17-39(40)46-44(47)36-16-12-15-34-35-24-21-30-13-8-9-14-33(30)42(35)48-43(34)36;1-10-5-7-11(8-6-10)12-4-2-3-9-13-12;/h8-15,17-28H,1-7H3;2-7,9H,1H3;/q2*-1;/i;1D3;. The van der Waals surface area contributed by atoms with E-state index in [4.69, 9.17) is 13.5 Å². The van der Waals surface area contributed by atoms with E-state index in [-0.39, 0.29) is 31.9 Å². The van der Waals surface area contributed by atoms with Crippen LogP contribution in [0.15, 0.2) is 156 Å². The molecule has 0 bridgehead atoms. The van der Waals surface area contributed by atoms with E-state index in [1.807, 2.05) is 24.3 Å². The number of aromatic nitrogens is 3. The van der Waals surface area contributed by atoms with Crippen LogP contribution in [0.2, 0.25) is 17.3 Å². The minimum atomic E-state index is -2.07. The van der Waals surface area contributed by atoms with E-state index >= 15 is 0 Å². The third kappa shape index (κ3) is 8.22. The van der Waals surface area contributed by atoms with Crippen molar-refractivity contribution in [3.05, 3.63) is 181 Å². The Morgan fingerprint density at radius 2 is 1.39 bits per heavy atom. The number of aryl methyl sites for hydroxylation is 1. The number of hydrogen-bond acceptors (Lipinski definition) is 3. The zero-order valence-corrected chi connectivity index (χ0v) is 40.7. The molecule has 0 unspecified atom stereocenters. The van der Waals surface area contributed by atoms with Gasteiger partial charge in [-0.2, -0.15) is 0 Å². The van der Waals surface area contributed by atoms with Crippen molar-refractivity contribution < 1.29 is 28.6 Å². The fraction of sp³-hybridized carbons (Fsp3) is 0.179. The molecule has 6 heteroatoms. The number of hydrogen-bond donors (Lipinski definition) is 0. The first-order chi connectivity index (χ1) is 30.7. The molecule has 0 atom stereocenters. The number of benzene rings is 7. The molecule has 0 N–H and O–H groups in total. The molecule has 311 valence electrons. The summed E-state index contributed by atoms with van der Waals surface area (Å²) >= 11 is -1.92. The van der Waals surface area contributed by atoms with Gasteiger partial charge in [-0.25, -0.2) is 0 Å². The Kier molecular flexibility index (Phi) is 11.2. The number of rotatable bonds is 7. The molecule has 10 rings (SSSR count). The molecule has 3 aromatic heterocycles. The van der Waals surface area contributed by atoms with Crippen LogP contribution in [0.4, 0.5) is 0 Å². The van der Waals surface area contributed by atoms with Gasteiger partial charge in [0.25, 0.3) is 0 Å². The van der Waals surface area contributed by atoms with Crippen molar-refractivity contribution in [3.63, 3.8) is 0 Å². The van der Waals surface area contributed by atoms with Gasteiger partial charge < -0.3 is 9.40 Å². The van der Waals surface area contributed by atoms with Crippen molar-refractivity contribution in [3.8, 4) is 39.5 Å². The van der Waals surface area contributed by atoms with Crippen molar-refractivity contribution in [2.75, 3.05) is 0 Å². The fourth-order valence-corrected chi connectivity index (χ4v) is 10.8. The molecular formula is C56H51GeIrN3O-2. The zero-order chi connectivity index (χ0) is 44.9. The van der Waals surface area contributed by atoms with Gasteiger partial charge in [0.2, 0.25) is 0 Å². The maximum atomic E-state index is 7.25. The van der Waals surface area contributed by atoms with Gasteiger partial charge in [-0.1, -0.05) is 66.8 Å². The second-order valence-electron chi connectivity index (χ2n) is 17.5. The molecule has 62 heavy (non-hydrogen) atoms. The Labute approximate surface area is 386 Å². The molecule has 0 spiro atoms. The van der Waals surface area contributed by atoms with Gasteiger partial charge in [0.05, 0.1) is 0 Å². The third-order valence-corrected chi connectivity index (χ3v) is 15.9. The average molecular weight is 1050 g/mol. The maximum Gasteiger partial charge on any atom is 0.0177 e. The van der Waals surface area contributed by atoms with Crippen LogP contribution < -0.4 is 4.40 Å². The predicted molar refractivity (Wildman–Crippen MR) is 260 cm³/mol. The fourth-order valence-electron chi connectivity index (χ4n) is 8.31. The summed E-state index contributed by atoms with van der Waals surface area (Å²) in [6.45, 7) is 7.15. The van der Waals surface area contributed by atoms with Gasteiger partial charge in [0.15, 0.2) is 0 Å². The van der Waals surface area contributed by atoms with Crippen LogP contribution in [-0.4, -0.2) is 27.8 Å². The van der Waals surface area contributed by atoms with E-state index in [1.54, 1.807) is 18.3 Å². The van der Waals surface area contributed by atoms with Crippen LogP contribution in [0.25, 0.3) is 83.2 Å². The Hall–Kier alpha value is -5.59. The van der Waals surface area contributed by atoms with Crippen LogP contribution in [0, 0.1) is 19.0 Å². The Balaban J connectivity index is 0.000000287. The first-order valence-electron chi connectivity index (χ1n) is 22.6. The number of fused-ring (bicyclic) bond motifs is 6. The minimum absolute atomic E-state index is 0. The van der Waals surface area contributed by atoms with Crippen LogP contribution in [-0.2, 0) is 20.1 Å². The Bertz CT molecular complexity index is 3260. The van der Waals surface area contributed by atoms with Crippen LogP contribution in [0.3, 0.4) is 0 Å². The van der Waals surface area contributed by atoms with Gasteiger partial charge >= 0.3 is 201 Å². The second kappa shape index (κ2) is 17.6. The average Bonchev–Trinajstić information content (AvgIpc) is 3.88. The molecule has 0 saturated carbocycles. The van der Waals surface area contributed by atoms with Crippen molar-refractivity contribution >= 4 is 61.4 Å². The van der Waals surface area contributed by atoms with Gasteiger partial charge in [0, 0.05) is 41.2 Å². The van der Waals surface area contributed by atoms with Crippen molar-refractivity contribution in [1.29, 1.82) is 0 Å². The summed E-state index contributed by atoms with van der Waals surface area (Å²) in [5.74, 6) is 8.78. The predicted octanol–water partition coefficient (Wildman–Crippen LogP) is 14.9. The van der Waals surface area contributed by atoms with E-state index in [0.717, 1.165) is 61.0 Å². The van der Waals surface area contributed by atoms with Gasteiger partial charge in [-0.3, -0.25) is 0 Å². The summed E-state index contributed by atoms with van der Waals surface area (Å²) in [5.41, 5.74) is 12.9. The zero-order valence-electron chi connectivity index (χ0n) is 39.2. The molecule has 10 aromatic rings. The van der Waals surface area contributed by atoms with Crippen molar-refractivity contribution in [2.45, 2.75) is 63.7 Å². The smallest absolute Gasteiger partial charge is 0.0177 e. The maximum absolute atomic E-state index is 7.25. The van der Waals surface area contributed by atoms with Gasteiger partial charge in [-0.15, -0.1) is 47.5 Å². The summed E-state index contributed by atoms with van der Waals surface area (Å²) in [7, 11) is 0. The quantitative estimate of drug-likeness (QED) is 0.118. The molecule has 0 aliphatic rings. The Morgan fingerprint density at radius 1 is 0.677 bits per heavy atom. The second-order valence-corrected chi connectivity index (χ2v) is 28.1. The molecular weight excluding hydrogens is 995 g/mol. The third-order valence-electron chi connectivity index (χ3n) is 11.6. The summed E-state index contributed by atoms with van der Waals surface area (Å²) in [6.07, 6.45) is 1.70. The largest absolute Gasteiger partial charge is 0.305 e. The molecule has 7 aromatic carbocycles. The van der Waals surface area contributed by atoms with Gasteiger partial charge in [-0.05, 0) is 17.1 Å². The van der Waals surface area contributed by atoms with Crippen LogP contribution >= 0.6 is 0 Å². The number of imidazole rings is 1. The molecule has 0 saturated heterocycles. The normalized spacial score (nSPS) is 12.6. The first kappa shape index (κ1) is 39.3.